The number of amidine groups is 1. The number of benzene rings is 2. The van der Waals surface area contributed by atoms with E-state index in [2.05, 4.69) is 5.32 Å². The summed E-state index contributed by atoms with van der Waals surface area (Å²) in [6.45, 7) is 2.73. The van der Waals surface area contributed by atoms with E-state index in [9.17, 15) is 9.59 Å². The highest BCUT2D eigenvalue weighted by molar-refractivity contribution is 8.16. The second-order valence-corrected chi connectivity index (χ2v) is 9.39. The average Bonchev–Trinajstić information content (AvgIpc) is 3.32. The van der Waals surface area contributed by atoms with Crippen LogP contribution in [0.1, 0.15) is 30.5 Å². The number of fused-ring (bicyclic) bond motifs is 1. The van der Waals surface area contributed by atoms with Gasteiger partial charge in [-0.2, -0.15) is 0 Å². The zero-order valence-corrected chi connectivity index (χ0v) is 22.7. The van der Waals surface area contributed by atoms with Gasteiger partial charge in [0.05, 0.1) is 44.6 Å². The molecule has 0 fully saturated rings. The van der Waals surface area contributed by atoms with Crippen LogP contribution in [0.15, 0.2) is 75.9 Å². The highest BCUT2D eigenvalue weighted by atomic mass is 32.2. The first kappa shape index (κ1) is 27.3. The number of amides is 1. The lowest BCUT2D eigenvalue weighted by atomic mass is 9.92. The molecular weight excluding hydrogens is 506 g/mol. The predicted octanol–water partition coefficient (Wildman–Crippen LogP) is 4.17. The molecule has 2 aromatic rings. The van der Waals surface area contributed by atoms with Crippen LogP contribution in [0.25, 0.3) is 0 Å². The molecule has 0 aromatic heterocycles. The van der Waals surface area contributed by atoms with E-state index in [0.717, 1.165) is 5.56 Å². The van der Waals surface area contributed by atoms with Gasteiger partial charge in [0.2, 0.25) is 5.91 Å². The van der Waals surface area contributed by atoms with Crippen molar-refractivity contribution in [2.45, 2.75) is 26.0 Å². The molecule has 0 aliphatic carbocycles. The molecule has 0 spiro atoms. The maximum Gasteiger partial charge on any atom is 0.338 e. The summed E-state index contributed by atoms with van der Waals surface area (Å²) in [5.74, 6) is 0.359. The Hall–Kier alpha value is -3.76. The number of nitrogens with zero attached hydrogens (tertiary/aromatic N) is 2. The first-order chi connectivity index (χ1) is 18.5. The molecule has 0 saturated carbocycles. The lowest BCUT2D eigenvalue weighted by Gasteiger charge is -2.37. The van der Waals surface area contributed by atoms with E-state index in [1.807, 2.05) is 52.8 Å². The zero-order chi connectivity index (χ0) is 27.1. The van der Waals surface area contributed by atoms with E-state index in [1.165, 1.54) is 11.8 Å². The summed E-state index contributed by atoms with van der Waals surface area (Å²) in [4.78, 5) is 33.0. The molecule has 200 valence electrons. The molecule has 2 aliphatic rings. The highest BCUT2D eigenvalue weighted by Gasteiger charge is 2.42. The molecule has 10 heteroatoms. The first-order valence-corrected chi connectivity index (χ1v) is 13.0. The summed E-state index contributed by atoms with van der Waals surface area (Å²) in [6, 6.07) is 14.4. The van der Waals surface area contributed by atoms with Gasteiger partial charge in [0, 0.05) is 24.9 Å². The average molecular weight is 538 g/mol. The van der Waals surface area contributed by atoms with Crippen molar-refractivity contribution in [2.24, 2.45) is 4.99 Å². The molecule has 1 atom stereocenters. The van der Waals surface area contributed by atoms with Crippen molar-refractivity contribution < 1.29 is 28.5 Å². The van der Waals surface area contributed by atoms with Gasteiger partial charge in [0.1, 0.15) is 6.61 Å². The van der Waals surface area contributed by atoms with Gasteiger partial charge in [-0.05, 0) is 24.0 Å². The monoisotopic (exact) mass is 537 g/mol. The summed E-state index contributed by atoms with van der Waals surface area (Å²) in [7, 11) is 4.70. The lowest BCUT2D eigenvalue weighted by Crippen LogP contribution is -2.38. The molecular formula is C28H31N3O6S. The SMILES string of the molecule is COCCNC(=O)CC1=CSC2=NC(C)=C(C(=O)OCc3ccccc3)[C@H](c3cccc(OC)c3OC)N12. The largest absolute Gasteiger partial charge is 0.493 e. The van der Waals surface area contributed by atoms with Crippen LogP contribution in [0.3, 0.4) is 0 Å². The Balaban J connectivity index is 1.72. The van der Waals surface area contributed by atoms with E-state index in [-0.39, 0.29) is 18.9 Å². The third-order valence-electron chi connectivity index (χ3n) is 6.13. The van der Waals surface area contributed by atoms with Gasteiger partial charge in [-0.3, -0.25) is 4.79 Å². The summed E-state index contributed by atoms with van der Waals surface area (Å²) < 4.78 is 22.1. The van der Waals surface area contributed by atoms with Crippen LogP contribution in [0.4, 0.5) is 0 Å². The molecule has 0 saturated heterocycles. The number of aliphatic imine (C=N–C) groups is 1. The fourth-order valence-corrected chi connectivity index (χ4v) is 5.34. The molecule has 4 rings (SSSR count). The van der Waals surface area contributed by atoms with Gasteiger partial charge >= 0.3 is 5.97 Å². The summed E-state index contributed by atoms with van der Waals surface area (Å²) in [5.41, 5.74) is 3.18. The van der Waals surface area contributed by atoms with Gasteiger partial charge in [-0.1, -0.05) is 54.2 Å². The predicted molar refractivity (Wildman–Crippen MR) is 146 cm³/mol. The van der Waals surface area contributed by atoms with Gasteiger partial charge in [0.15, 0.2) is 16.7 Å². The van der Waals surface area contributed by atoms with Gasteiger partial charge in [-0.25, -0.2) is 9.79 Å². The standard InChI is InChI=1S/C28H31N3O6S/c1-18-24(27(33)37-16-19-9-6-5-7-10-19)25(21-11-8-12-22(35-3)26(21)36-4)31-20(17-38-28(31)30-18)15-23(32)29-13-14-34-2/h5-12,17,25H,13-16H2,1-4H3,(H,29,32)/t25-/m0/s1. The number of thioether (sulfide) groups is 1. The van der Waals surface area contributed by atoms with Crippen molar-refractivity contribution in [3.8, 4) is 11.5 Å². The van der Waals surface area contributed by atoms with Crippen molar-refractivity contribution in [1.82, 2.24) is 10.2 Å². The van der Waals surface area contributed by atoms with Crippen LogP contribution in [0.2, 0.25) is 0 Å². The van der Waals surface area contributed by atoms with E-state index in [1.54, 1.807) is 34.3 Å². The Kier molecular flexibility index (Phi) is 9.09. The molecule has 1 N–H and O–H groups in total. The number of methoxy groups -OCH3 is 3. The van der Waals surface area contributed by atoms with Crippen LogP contribution >= 0.6 is 11.8 Å². The fraction of sp³-hybridized carbons (Fsp3) is 0.321. The number of rotatable bonds is 11. The molecule has 0 bridgehead atoms. The highest BCUT2D eigenvalue weighted by Crippen LogP contribution is 2.48. The molecule has 1 amide bonds. The number of esters is 1. The zero-order valence-electron chi connectivity index (χ0n) is 21.9. The lowest BCUT2D eigenvalue weighted by molar-refractivity contribution is -0.141. The van der Waals surface area contributed by atoms with Crippen LogP contribution in [0.5, 0.6) is 11.5 Å². The van der Waals surface area contributed by atoms with E-state index < -0.39 is 12.0 Å². The molecule has 38 heavy (non-hydrogen) atoms. The van der Waals surface area contributed by atoms with Gasteiger partial charge in [0.25, 0.3) is 0 Å². The van der Waals surface area contributed by atoms with Crippen molar-refractivity contribution in [1.29, 1.82) is 0 Å². The first-order valence-electron chi connectivity index (χ1n) is 12.1. The fourth-order valence-electron chi connectivity index (χ4n) is 4.37. The number of hydrogen-bond acceptors (Lipinski definition) is 9. The molecule has 0 radical (unpaired) electrons. The van der Waals surface area contributed by atoms with Crippen LogP contribution in [-0.2, 0) is 25.7 Å². The van der Waals surface area contributed by atoms with Crippen molar-refractivity contribution in [3.63, 3.8) is 0 Å². The Bertz CT molecular complexity index is 1270. The normalized spacial score (nSPS) is 16.4. The minimum Gasteiger partial charge on any atom is -0.493 e. The maximum absolute atomic E-state index is 13.6. The Morgan fingerprint density at radius 2 is 1.84 bits per heavy atom. The number of carbonyl (C=O) groups excluding carboxylic acids is 2. The second-order valence-electron chi connectivity index (χ2n) is 8.56. The maximum atomic E-state index is 13.6. The number of carbonyl (C=O) groups is 2. The molecule has 2 aliphatic heterocycles. The van der Waals surface area contributed by atoms with Gasteiger partial charge in [-0.15, -0.1) is 0 Å². The summed E-state index contributed by atoms with van der Waals surface area (Å²) in [6.07, 6.45) is 0.101. The van der Waals surface area contributed by atoms with Crippen molar-refractivity contribution in [2.75, 3.05) is 34.5 Å². The molecule has 2 heterocycles. The quantitative estimate of drug-likeness (QED) is 0.337. The summed E-state index contributed by atoms with van der Waals surface area (Å²) >= 11 is 1.41. The molecule has 9 nitrogen and oxygen atoms in total. The smallest absolute Gasteiger partial charge is 0.338 e. The molecule has 0 unspecified atom stereocenters. The third kappa shape index (κ3) is 5.87. The minimum atomic E-state index is -0.649. The minimum absolute atomic E-state index is 0.101. The van der Waals surface area contributed by atoms with Gasteiger partial charge < -0.3 is 29.2 Å². The Labute approximate surface area is 226 Å². The molecule has 2 aromatic carbocycles. The van der Waals surface area contributed by atoms with Crippen LogP contribution in [0, 0.1) is 0 Å². The number of nitrogens with one attached hydrogen (secondary N) is 1. The van der Waals surface area contributed by atoms with Crippen LogP contribution in [-0.4, -0.2) is 56.4 Å². The Morgan fingerprint density at radius 3 is 2.55 bits per heavy atom. The number of hydrogen-bond donors (Lipinski definition) is 1. The summed E-state index contributed by atoms with van der Waals surface area (Å²) in [5, 5.41) is 5.41. The van der Waals surface area contributed by atoms with E-state index in [4.69, 9.17) is 23.9 Å². The number of para-hydroxylation sites is 1. The number of allylic oxidation sites excluding steroid dienone is 1. The Morgan fingerprint density at radius 1 is 1.05 bits per heavy atom. The van der Waals surface area contributed by atoms with Crippen LogP contribution < -0.4 is 14.8 Å². The van der Waals surface area contributed by atoms with Crippen molar-refractivity contribution in [3.05, 3.63) is 82.0 Å². The third-order valence-corrected chi connectivity index (χ3v) is 7.02. The second kappa shape index (κ2) is 12.7. The topological polar surface area (TPSA) is 98.7 Å². The van der Waals surface area contributed by atoms with E-state index in [0.29, 0.717) is 52.3 Å². The van der Waals surface area contributed by atoms with Crippen molar-refractivity contribution >= 4 is 28.8 Å². The van der Waals surface area contributed by atoms with E-state index >= 15 is 0 Å². The number of ether oxygens (including phenoxy) is 4.